The SMILES string of the molecule is O=C(O)c1c(Cl)cccc1N1CCC2(CCCC2)CC1. The van der Waals surface area contributed by atoms with Gasteiger partial charge in [-0.25, -0.2) is 4.79 Å². The van der Waals surface area contributed by atoms with Crippen LogP contribution in [0.2, 0.25) is 5.02 Å². The summed E-state index contributed by atoms with van der Waals surface area (Å²) in [6.45, 7) is 1.89. The summed E-state index contributed by atoms with van der Waals surface area (Å²) in [5, 5.41) is 9.70. The van der Waals surface area contributed by atoms with Gasteiger partial charge in [0.2, 0.25) is 0 Å². The first kappa shape index (κ1) is 13.7. The average Bonchev–Trinajstić information content (AvgIpc) is 2.87. The summed E-state index contributed by atoms with van der Waals surface area (Å²) >= 11 is 6.06. The fourth-order valence-electron chi connectivity index (χ4n) is 3.83. The number of halogens is 1. The standard InChI is InChI=1S/C16H20ClNO2/c17-12-4-3-5-13(14(12)15(19)20)18-10-8-16(9-11-18)6-1-2-7-16/h3-5H,1-2,6-11H2,(H,19,20). The summed E-state index contributed by atoms with van der Waals surface area (Å²) in [7, 11) is 0. The van der Waals surface area contributed by atoms with Crippen LogP contribution >= 0.6 is 11.6 Å². The molecule has 0 aromatic heterocycles. The van der Waals surface area contributed by atoms with Gasteiger partial charge in [-0.2, -0.15) is 0 Å². The van der Waals surface area contributed by atoms with Crippen LogP contribution in [0.25, 0.3) is 0 Å². The highest BCUT2D eigenvalue weighted by Gasteiger charge is 2.37. The van der Waals surface area contributed by atoms with Gasteiger partial charge in [-0.05, 0) is 43.2 Å². The zero-order chi connectivity index (χ0) is 14.2. The van der Waals surface area contributed by atoms with Gasteiger partial charge in [-0.15, -0.1) is 0 Å². The number of carboxylic acids is 1. The van der Waals surface area contributed by atoms with E-state index in [0.29, 0.717) is 10.4 Å². The average molecular weight is 294 g/mol. The summed E-state index contributed by atoms with van der Waals surface area (Å²) in [4.78, 5) is 13.6. The Labute approximate surface area is 124 Å². The Bertz CT molecular complexity index is 513. The predicted molar refractivity (Wildman–Crippen MR) is 80.8 cm³/mol. The van der Waals surface area contributed by atoms with Gasteiger partial charge in [-0.1, -0.05) is 30.5 Å². The van der Waals surface area contributed by atoms with Crippen LogP contribution in [0, 0.1) is 5.41 Å². The normalized spacial score (nSPS) is 21.4. The molecule has 2 aliphatic rings. The van der Waals surface area contributed by atoms with E-state index in [1.54, 1.807) is 6.07 Å². The molecule has 1 saturated heterocycles. The first-order chi connectivity index (χ1) is 9.61. The van der Waals surface area contributed by atoms with Crippen molar-refractivity contribution in [2.45, 2.75) is 38.5 Å². The van der Waals surface area contributed by atoms with Crippen molar-refractivity contribution in [1.29, 1.82) is 0 Å². The lowest BCUT2D eigenvalue weighted by Gasteiger charge is -2.41. The Balaban J connectivity index is 1.81. The molecule has 1 heterocycles. The van der Waals surface area contributed by atoms with Crippen LogP contribution in [0.1, 0.15) is 48.9 Å². The minimum atomic E-state index is -0.938. The molecule has 1 aromatic carbocycles. The van der Waals surface area contributed by atoms with Crippen molar-refractivity contribution < 1.29 is 9.90 Å². The Hall–Kier alpha value is -1.22. The summed E-state index contributed by atoms with van der Waals surface area (Å²) in [5.41, 5.74) is 1.56. The highest BCUT2D eigenvalue weighted by molar-refractivity contribution is 6.34. The van der Waals surface area contributed by atoms with E-state index in [1.165, 1.54) is 38.5 Å². The van der Waals surface area contributed by atoms with Crippen molar-refractivity contribution in [1.82, 2.24) is 0 Å². The molecule has 1 spiro atoms. The summed E-state index contributed by atoms with van der Waals surface area (Å²) < 4.78 is 0. The molecule has 1 N–H and O–H groups in total. The van der Waals surface area contributed by atoms with E-state index in [2.05, 4.69) is 4.90 Å². The second kappa shape index (κ2) is 5.28. The molecule has 0 bridgehead atoms. The minimum absolute atomic E-state index is 0.247. The van der Waals surface area contributed by atoms with E-state index >= 15 is 0 Å². The van der Waals surface area contributed by atoms with Gasteiger partial charge in [0.15, 0.2) is 0 Å². The fraction of sp³-hybridized carbons (Fsp3) is 0.562. The molecule has 0 radical (unpaired) electrons. The maximum Gasteiger partial charge on any atom is 0.339 e. The van der Waals surface area contributed by atoms with Crippen LogP contribution in [0.15, 0.2) is 18.2 Å². The molecular weight excluding hydrogens is 274 g/mol. The van der Waals surface area contributed by atoms with E-state index in [-0.39, 0.29) is 5.56 Å². The lowest BCUT2D eigenvalue weighted by molar-refractivity contribution is 0.0697. The van der Waals surface area contributed by atoms with Crippen molar-refractivity contribution in [3.05, 3.63) is 28.8 Å². The molecule has 0 amide bonds. The molecule has 3 rings (SSSR count). The van der Waals surface area contributed by atoms with Crippen LogP contribution in [-0.4, -0.2) is 24.2 Å². The van der Waals surface area contributed by atoms with Crippen LogP contribution in [0.5, 0.6) is 0 Å². The van der Waals surface area contributed by atoms with Gasteiger partial charge in [0, 0.05) is 13.1 Å². The predicted octanol–water partition coefficient (Wildman–Crippen LogP) is 4.20. The highest BCUT2D eigenvalue weighted by atomic mass is 35.5. The Morgan fingerprint density at radius 2 is 1.80 bits per heavy atom. The largest absolute Gasteiger partial charge is 0.478 e. The quantitative estimate of drug-likeness (QED) is 0.888. The molecule has 1 saturated carbocycles. The maximum absolute atomic E-state index is 11.4. The third-order valence-corrected chi connectivity index (χ3v) is 5.35. The number of aromatic carboxylic acids is 1. The molecule has 2 fully saturated rings. The lowest BCUT2D eigenvalue weighted by Crippen LogP contribution is -2.39. The number of carbonyl (C=O) groups is 1. The molecule has 1 aliphatic heterocycles. The van der Waals surface area contributed by atoms with Gasteiger partial charge in [-0.3, -0.25) is 0 Å². The van der Waals surface area contributed by atoms with Gasteiger partial charge in [0.05, 0.1) is 10.7 Å². The van der Waals surface area contributed by atoms with Gasteiger partial charge in [0.1, 0.15) is 5.56 Å². The maximum atomic E-state index is 11.4. The zero-order valence-electron chi connectivity index (χ0n) is 11.6. The minimum Gasteiger partial charge on any atom is -0.478 e. The van der Waals surface area contributed by atoms with Crippen LogP contribution < -0.4 is 4.90 Å². The van der Waals surface area contributed by atoms with Crippen LogP contribution in [-0.2, 0) is 0 Å². The van der Waals surface area contributed by atoms with Crippen molar-refractivity contribution >= 4 is 23.3 Å². The molecule has 3 nitrogen and oxygen atoms in total. The van der Waals surface area contributed by atoms with E-state index in [9.17, 15) is 9.90 Å². The van der Waals surface area contributed by atoms with E-state index in [0.717, 1.165) is 18.8 Å². The summed E-state index contributed by atoms with van der Waals surface area (Å²) in [6, 6.07) is 5.36. The zero-order valence-corrected chi connectivity index (χ0v) is 12.3. The summed E-state index contributed by atoms with van der Waals surface area (Å²) in [6.07, 6.45) is 7.77. The van der Waals surface area contributed by atoms with Crippen LogP contribution in [0.3, 0.4) is 0 Å². The number of anilines is 1. The van der Waals surface area contributed by atoms with Gasteiger partial charge < -0.3 is 10.0 Å². The summed E-state index contributed by atoms with van der Waals surface area (Å²) in [5.74, 6) is -0.938. The van der Waals surface area contributed by atoms with Gasteiger partial charge >= 0.3 is 5.97 Å². The highest BCUT2D eigenvalue weighted by Crippen LogP contribution is 2.47. The number of carboxylic acid groups (broad SMARTS) is 1. The fourth-order valence-corrected chi connectivity index (χ4v) is 4.09. The number of hydrogen-bond acceptors (Lipinski definition) is 2. The molecule has 108 valence electrons. The number of rotatable bonds is 2. The number of benzene rings is 1. The van der Waals surface area contributed by atoms with Crippen molar-refractivity contribution in [2.75, 3.05) is 18.0 Å². The third-order valence-electron chi connectivity index (χ3n) is 5.03. The van der Waals surface area contributed by atoms with Crippen molar-refractivity contribution in [3.8, 4) is 0 Å². The molecule has 1 aliphatic carbocycles. The Kier molecular flexibility index (Phi) is 3.63. The first-order valence-electron chi connectivity index (χ1n) is 7.38. The van der Waals surface area contributed by atoms with Crippen molar-refractivity contribution in [3.63, 3.8) is 0 Å². The molecule has 1 aromatic rings. The van der Waals surface area contributed by atoms with E-state index in [4.69, 9.17) is 11.6 Å². The van der Waals surface area contributed by atoms with E-state index in [1.807, 2.05) is 12.1 Å². The molecule has 4 heteroatoms. The third kappa shape index (κ3) is 2.39. The monoisotopic (exact) mass is 293 g/mol. The van der Waals surface area contributed by atoms with Gasteiger partial charge in [0.25, 0.3) is 0 Å². The Morgan fingerprint density at radius 3 is 2.40 bits per heavy atom. The van der Waals surface area contributed by atoms with E-state index < -0.39 is 5.97 Å². The van der Waals surface area contributed by atoms with Crippen molar-refractivity contribution in [2.24, 2.45) is 5.41 Å². The molecule has 0 atom stereocenters. The molecular formula is C16H20ClNO2. The topological polar surface area (TPSA) is 40.5 Å². The lowest BCUT2D eigenvalue weighted by atomic mass is 9.77. The number of piperidine rings is 1. The molecule has 0 unspecified atom stereocenters. The smallest absolute Gasteiger partial charge is 0.339 e. The van der Waals surface area contributed by atoms with Crippen LogP contribution in [0.4, 0.5) is 5.69 Å². The number of nitrogens with zero attached hydrogens (tertiary/aromatic N) is 1. The second-order valence-corrected chi connectivity index (χ2v) is 6.54. The molecule has 20 heavy (non-hydrogen) atoms. The number of hydrogen-bond donors (Lipinski definition) is 1. The Morgan fingerprint density at radius 1 is 1.15 bits per heavy atom. The second-order valence-electron chi connectivity index (χ2n) is 6.13. The first-order valence-corrected chi connectivity index (χ1v) is 7.76.